The van der Waals surface area contributed by atoms with Gasteiger partial charge in [0.1, 0.15) is 17.3 Å². The highest BCUT2D eigenvalue weighted by Crippen LogP contribution is 2.45. The van der Waals surface area contributed by atoms with E-state index in [1.165, 1.54) is 0 Å². The van der Waals surface area contributed by atoms with Crippen LogP contribution < -0.4 is 14.9 Å². The first-order valence-electron chi connectivity index (χ1n) is 11.8. The molecular formula is C30H25N3O3. The van der Waals surface area contributed by atoms with E-state index in [2.05, 4.69) is 33.7 Å². The number of allylic oxidation sites excluding steroid dienone is 1. The Labute approximate surface area is 209 Å². The number of rotatable bonds is 7. The Balaban J connectivity index is 1.59. The third kappa shape index (κ3) is 4.88. The van der Waals surface area contributed by atoms with Gasteiger partial charge in [-0.3, -0.25) is 9.78 Å². The molecule has 4 aromatic rings. The number of ether oxygens (including phenoxy) is 2. The van der Waals surface area contributed by atoms with E-state index in [0.29, 0.717) is 17.9 Å². The highest BCUT2D eigenvalue weighted by molar-refractivity contribution is 5.97. The minimum atomic E-state index is -0.315. The number of nitrogens with zero attached hydrogens (tertiary/aromatic N) is 2. The maximum atomic E-state index is 12.6. The Morgan fingerprint density at radius 2 is 1.69 bits per heavy atom. The molecule has 2 heterocycles. The van der Waals surface area contributed by atoms with Gasteiger partial charge in [0, 0.05) is 40.6 Å². The maximum absolute atomic E-state index is 12.6. The zero-order chi connectivity index (χ0) is 24.7. The van der Waals surface area contributed by atoms with Gasteiger partial charge in [-0.05, 0) is 55.0 Å². The van der Waals surface area contributed by atoms with Gasteiger partial charge >= 0.3 is 0 Å². The molecule has 0 saturated carbocycles. The number of fused-ring (bicyclic) bond motifs is 1. The number of carbonyl (C=O) groups excluding carboxylic acids is 1. The smallest absolute Gasteiger partial charge is 0.271 e. The minimum Gasteiger partial charge on any atom is -0.494 e. The number of amides is 1. The summed E-state index contributed by atoms with van der Waals surface area (Å²) >= 11 is 0. The minimum absolute atomic E-state index is 0.140. The lowest BCUT2D eigenvalue weighted by atomic mass is 9.81. The van der Waals surface area contributed by atoms with Crippen LogP contribution in [0.5, 0.6) is 11.5 Å². The van der Waals surface area contributed by atoms with E-state index in [1.54, 1.807) is 30.7 Å². The largest absolute Gasteiger partial charge is 0.494 e. The average molecular weight is 476 g/mol. The molecule has 0 aliphatic carbocycles. The molecule has 1 aromatic heterocycles. The van der Waals surface area contributed by atoms with Crippen molar-refractivity contribution in [2.45, 2.75) is 12.8 Å². The second kappa shape index (κ2) is 10.7. The van der Waals surface area contributed by atoms with Gasteiger partial charge in [0.05, 0.1) is 12.8 Å². The standard InChI is InChI=1S/C30H25N3O3/c1-2-35-24-14-12-22(13-15-24)29-26(20-32-33-30(34)23-16-18-31-19-17-23)28(21-8-4-3-5-9-21)25-10-6-7-11-27(25)36-29/h3-20,28H,2H2,1H3,(H,33,34). The van der Waals surface area contributed by atoms with Crippen molar-refractivity contribution in [3.63, 3.8) is 0 Å². The molecule has 0 fully saturated rings. The number of para-hydroxylation sites is 1. The Morgan fingerprint density at radius 3 is 2.44 bits per heavy atom. The number of hydrazone groups is 1. The molecule has 0 spiro atoms. The summed E-state index contributed by atoms with van der Waals surface area (Å²) < 4.78 is 12.1. The van der Waals surface area contributed by atoms with Crippen LogP contribution in [0.25, 0.3) is 5.76 Å². The van der Waals surface area contributed by atoms with Crippen molar-refractivity contribution in [1.29, 1.82) is 0 Å². The first-order valence-corrected chi connectivity index (χ1v) is 11.8. The number of hydrogen-bond acceptors (Lipinski definition) is 5. The van der Waals surface area contributed by atoms with Gasteiger partial charge in [-0.1, -0.05) is 48.5 Å². The fraction of sp³-hybridized carbons (Fsp3) is 0.100. The van der Waals surface area contributed by atoms with Crippen molar-refractivity contribution in [1.82, 2.24) is 10.4 Å². The van der Waals surface area contributed by atoms with Crippen LogP contribution in [-0.4, -0.2) is 23.7 Å². The van der Waals surface area contributed by atoms with Gasteiger partial charge in [0.2, 0.25) is 0 Å². The van der Waals surface area contributed by atoms with E-state index in [4.69, 9.17) is 9.47 Å². The van der Waals surface area contributed by atoms with E-state index in [0.717, 1.165) is 33.8 Å². The quantitative estimate of drug-likeness (QED) is 0.270. The summed E-state index contributed by atoms with van der Waals surface area (Å²) in [5.41, 5.74) is 6.95. The third-order valence-electron chi connectivity index (χ3n) is 5.89. The number of nitrogens with one attached hydrogen (secondary N) is 1. The summed E-state index contributed by atoms with van der Waals surface area (Å²) in [7, 11) is 0. The number of benzene rings is 3. The van der Waals surface area contributed by atoms with Crippen LogP contribution in [0, 0.1) is 0 Å². The molecule has 5 rings (SSSR count). The maximum Gasteiger partial charge on any atom is 0.271 e. The van der Waals surface area contributed by atoms with Crippen LogP contribution in [0.15, 0.2) is 114 Å². The van der Waals surface area contributed by atoms with E-state index < -0.39 is 0 Å². The molecule has 0 bridgehead atoms. The van der Waals surface area contributed by atoms with Crippen LogP contribution >= 0.6 is 0 Å². The molecule has 0 saturated heterocycles. The summed E-state index contributed by atoms with van der Waals surface area (Å²) in [6.07, 6.45) is 4.82. The number of carbonyl (C=O) groups is 1. The molecule has 1 aliphatic rings. The fourth-order valence-corrected chi connectivity index (χ4v) is 4.24. The van der Waals surface area contributed by atoms with Gasteiger partial charge in [0.15, 0.2) is 0 Å². The lowest BCUT2D eigenvalue weighted by Crippen LogP contribution is -2.21. The summed E-state index contributed by atoms with van der Waals surface area (Å²) in [6.45, 7) is 2.55. The SMILES string of the molecule is CCOc1ccc(C2=C(C=NNC(=O)c3ccncc3)C(c3ccccc3)c3ccccc3O2)cc1. The third-order valence-corrected chi connectivity index (χ3v) is 5.89. The topological polar surface area (TPSA) is 72.8 Å². The van der Waals surface area contributed by atoms with Crippen LogP contribution in [-0.2, 0) is 0 Å². The second-order valence-corrected chi connectivity index (χ2v) is 8.16. The normalized spacial score (nSPS) is 14.8. The lowest BCUT2D eigenvalue weighted by molar-refractivity contribution is 0.0955. The van der Waals surface area contributed by atoms with Gasteiger partial charge in [-0.25, -0.2) is 5.43 Å². The molecule has 1 N–H and O–H groups in total. The Morgan fingerprint density at radius 1 is 0.972 bits per heavy atom. The fourth-order valence-electron chi connectivity index (χ4n) is 4.24. The molecule has 1 amide bonds. The van der Waals surface area contributed by atoms with Crippen molar-refractivity contribution in [3.8, 4) is 11.5 Å². The molecule has 36 heavy (non-hydrogen) atoms. The van der Waals surface area contributed by atoms with Gasteiger partial charge in [-0.15, -0.1) is 0 Å². The number of hydrogen-bond donors (Lipinski definition) is 1. The molecule has 6 nitrogen and oxygen atoms in total. The van der Waals surface area contributed by atoms with Crippen LogP contribution in [0.3, 0.4) is 0 Å². The predicted octanol–water partition coefficient (Wildman–Crippen LogP) is 5.83. The van der Waals surface area contributed by atoms with Crippen molar-refractivity contribution >= 4 is 17.9 Å². The van der Waals surface area contributed by atoms with Crippen molar-refractivity contribution in [3.05, 3.63) is 131 Å². The first kappa shape index (κ1) is 23.1. The molecule has 1 unspecified atom stereocenters. The zero-order valence-corrected chi connectivity index (χ0v) is 19.8. The molecule has 3 aromatic carbocycles. The summed E-state index contributed by atoms with van der Waals surface area (Å²) in [5.74, 6) is 1.79. The predicted molar refractivity (Wildman–Crippen MR) is 140 cm³/mol. The van der Waals surface area contributed by atoms with Gasteiger partial charge < -0.3 is 9.47 Å². The van der Waals surface area contributed by atoms with Gasteiger partial charge in [-0.2, -0.15) is 5.10 Å². The number of aromatic nitrogens is 1. The Bertz CT molecular complexity index is 1400. The molecular weight excluding hydrogens is 450 g/mol. The van der Waals surface area contributed by atoms with E-state index >= 15 is 0 Å². The monoisotopic (exact) mass is 475 g/mol. The molecule has 0 radical (unpaired) electrons. The number of pyridine rings is 1. The highest BCUT2D eigenvalue weighted by atomic mass is 16.5. The van der Waals surface area contributed by atoms with Crippen molar-refractivity contribution in [2.24, 2.45) is 5.10 Å². The van der Waals surface area contributed by atoms with Crippen LogP contribution in [0.4, 0.5) is 0 Å². The lowest BCUT2D eigenvalue weighted by Gasteiger charge is -2.30. The second-order valence-electron chi connectivity index (χ2n) is 8.16. The van der Waals surface area contributed by atoms with E-state index in [1.807, 2.05) is 67.6 Å². The molecule has 178 valence electrons. The zero-order valence-electron chi connectivity index (χ0n) is 19.8. The molecule has 1 atom stereocenters. The van der Waals surface area contributed by atoms with E-state index in [9.17, 15) is 4.79 Å². The molecule has 1 aliphatic heterocycles. The first-order chi connectivity index (χ1) is 17.7. The van der Waals surface area contributed by atoms with Crippen LogP contribution in [0.1, 0.15) is 39.9 Å². The van der Waals surface area contributed by atoms with Gasteiger partial charge in [0.25, 0.3) is 5.91 Å². The average Bonchev–Trinajstić information content (AvgIpc) is 2.94. The Kier molecular flexibility index (Phi) is 6.85. The van der Waals surface area contributed by atoms with Crippen molar-refractivity contribution < 1.29 is 14.3 Å². The molecule has 6 heteroatoms. The summed E-state index contributed by atoms with van der Waals surface area (Å²) in [4.78, 5) is 16.5. The summed E-state index contributed by atoms with van der Waals surface area (Å²) in [6, 6.07) is 29.3. The van der Waals surface area contributed by atoms with E-state index in [-0.39, 0.29) is 11.8 Å². The van der Waals surface area contributed by atoms with Crippen LogP contribution in [0.2, 0.25) is 0 Å². The van der Waals surface area contributed by atoms with Crippen molar-refractivity contribution in [2.75, 3.05) is 6.61 Å². The highest BCUT2D eigenvalue weighted by Gasteiger charge is 2.31. The Hall–Kier alpha value is -4.71. The summed E-state index contributed by atoms with van der Waals surface area (Å²) in [5, 5.41) is 4.34.